The zero-order valence-corrected chi connectivity index (χ0v) is 8.31. The molecule has 0 saturated heterocycles. The lowest BCUT2D eigenvalue weighted by atomic mass is 10.4. The Morgan fingerprint density at radius 2 is 2.21 bits per heavy atom. The monoisotopic (exact) mass is 191 g/mol. The molecule has 2 aromatic rings. The molecule has 0 saturated carbocycles. The molecule has 2 aromatic heterocycles. The maximum atomic E-state index is 5.58. The Morgan fingerprint density at radius 3 is 2.71 bits per heavy atom. The van der Waals surface area contributed by atoms with Crippen LogP contribution in [-0.4, -0.2) is 19.6 Å². The summed E-state index contributed by atoms with van der Waals surface area (Å²) in [5, 5.41) is 8.32. The molecule has 5 nitrogen and oxygen atoms in total. The molecular weight excluding hydrogens is 178 g/mol. The molecule has 0 fully saturated rings. The smallest absolute Gasteiger partial charge is 0.145 e. The highest BCUT2D eigenvalue weighted by Gasteiger charge is 2.01. The topological polar surface area (TPSA) is 61.7 Å². The van der Waals surface area contributed by atoms with E-state index in [1.54, 1.807) is 0 Å². The molecule has 0 radical (unpaired) electrons. The summed E-state index contributed by atoms with van der Waals surface area (Å²) in [5.41, 5.74) is 7.76. The van der Waals surface area contributed by atoms with Gasteiger partial charge in [0, 0.05) is 18.0 Å². The summed E-state index contributed by atoms with van der Waals surface area (Å²) in [5.74, 6) is 0.548. The summed E-state index contributed by atoms with van der Waals surface area (Å²) >= 11 is 0. The minimum absolute atomic E-state index is 0.548. The largest absolute Gasteiger partial charge is 0.382 e. The van der Waals surface area contributed by atoms with Crippen molar-refractivity contribution >= 4 is 5.82 Å². The van der Waals surface area contributed by atoms with Gasteiger partial charge in [0.05, 0.1) is 6.20 Å². The molecule has 0 aliphatic rings. The molecule has 0 unspecified atom stereocenters. The summed E-state index contributed by atoms with van der Waals surface area (Å²) in [7, 11) is 0. The van der Waals surface area contributed by atoms with Gasteiger partial charge in [0.15, 0.2) is 0 Å². The van der Waals surface area contributed by atoms with E-state index in [1.165, 1.54) is 0 Å². The highest BCUT2D eigenvalue weighted by Crippen LogP contribution is 2.04. The normalized spacial score (nSPS) is 10.7. The minimum Gasteiger partial charge on any atom is -0.382 e. The lowest BCUT2D eigenvalue weighted by Gasteiger charge is -2.03. The van der Waals surface area contributed by atoms with Crippen LogP contribution in [0.4, 0.5) is 5.82 Å². The van der Waals surface area contributed by atoms with E-state index in [0.29, 0.717) is 12.5 Å². The summed E-state index contributed by atoms with van der Waals surface area (Å²) in [4.78, 5) is 0. The number of nitrogen functional groups attached to an aromatic ring is 1. The van der Waals surface area contributed by atoms with E-state index in [1.807, 2.05) is 41.7 Å². The predicted octanol–water partition coefficient (Wildman–Crippen LogP) is 0.784. The Hall–Kier alpha value is -1.78. The van der Waals surface area contributed by atoms with Crippen LogP contribution >= 0.6 is 0 Å². The van der Waals surface area contributed by atoms with Gasteiger partial charge in [-0.3, -0.25) is 4.68 Å². The maximum Gasteiger partial charge on any atom is 0.145 e. The van der Waals surface area contributed by atoms with Gasteiger partial charge in [-0.2, -0.15) is 10.2 Å². The van der Waals surface area contributed by atoms with Crippen LogP contribution in [0.3, 0.4) is 0 Å². The first-order valence-corrected chi connectivity index (χ1v) is 4.44. The van der Waals surface area contributed by atoms with E-state index in [-0.39, 0.29) is 0 Å². The fourth-order valence-electron chi connectivity index (χ4n) is 1.36. The van der Waals surface area contributed by atoms with Gasteiger partial charge >= 0.3 is 0 Å². The lowest BCUT2D eigenvalue weighted by molar-refractivity contribution is 0.494. The number of rotatable bonds is 2. The van der Waals surface area contributed by atoms with Gasteiger partial charge in [0.1, 0.15) is 12.5 Å². The highest BCUT2D eigenvalue weighted by atomic mass is 15.4. The van der Waals surface area contributed by atoms with Crippen molar-refractivity contribution < 1.29 is 0 Å². The van der Waals surface area contributed by atoms with E-state index in [2.05, 4.69) is 10.2 Å². The Bertz CT molecular complexity index is 440. The zero-order valence-electron chi connectivity index (χ0n) is 8.31. The number of aromatic nitrogens is 4. The van der Waals surface area contributed by atoms with Crippen LogP contribution < -0.4 is 5.73 Å². The minimum atomic E-state index is 0.548. The summed E-state index contributed by atoms with van der Waals surface area (Å²) < 4.78 is 3.65. The Balaban J connectivity index is 2.22. The second-order valence-corrected chi connectivity index (χ2v) is 3.41. The third-order valence-electron chi connectivity index (χ3n) is 2.04. The van der Waals surface area contributed by atoms with Crippen LogP contribution in [-0.2, 0) is 6.67 Å². The molecule has 2 heterocycles. The van der Waals surface area contributed by atoms with E-state index >= 15 is 0 Å². The van der Waals surface area contributed by atoms with Gasteiger partial charge in [-0.25, -0.2) is 4.68 Å². The second kappa shape index (κ2) is 3.17. The van der Waals surface area contributed by atoms with E-state index in [9.17, 15) is 0 Å². The van der Waals surface area contributed by atoms with Gasteiger partial charge in [-0.1, -0.05) is 0 Å². The molecule has 0 aliphatic carbocycles. The third-order valence-corrected chi connectivity index (χ3v) is 2.04. The van der Waals surface area contributed by atoms with Gasteiger partial charge < -0.3 is 5.73 Å². The Labute approximate surface area is 82.1 Å². The average molecular weight is 191 g/mol. The van der Waals surface area contributed by atoms with E-state index in [4.69, 9.17) is 5.73 Å². The Kier molecular flexibility index (Phi) is 1.99. The van der Waals surface area contributed by atoms with Crippen molar-refractivity contribution in [2.45, 2.75) is 20.5 Å². The van der Waals surface area contributed by atoms with Crippen LogP contribution in [0, 0.1) is 13.8 Å². The van der Waals surface area contributed by atoms with Crippen LogP contribution in [0.2, 0.25) is 0 Å². The first-order chi connectivity index (χ1) is 6.65. The number of hydrogen-bond acceptors (Lipinski definition) is 3. The van der Waals surface area contributed by atoms with E-state index < -0.39 is 0 Å². The highest BCUT2D eigenvalue weighted by molar-refractivity contribution is 5.28. The van der Waals surface area contributed by atoms with E-state index in [0.717, 1.165) is 11.3 Å². The van der Waals surface area contributed by atoms with Crippen molar-refractivity contribution in [2.75, 3.05) is 5.73 Å². The average Bonchev–Trinajstić information content (AvgIpc) is 2.61. The van der Waals surface area contributed by atoms with Crippen LogP contribution in [0.15, 0.2) is 18.5 Å². The summed E-state index contributed by atoms with van der Waals surface area (Å²) in [6.45, 7) is 4.59. The van der Waals surface area contributed by atoms with Gasteiger partial charge in [-0.05, 0) is 19.4 Å². The van der Waals surface area contributed by atoms with Crippen LogP contribution in [0.25, 0.3) is 0 Å². The second-order valence-electron chi connectivity index (χ2n) is 3.41. The van der Waals surface area contributed by atoms with Crippen molar-refractivity contribution in [3.05, 3.63) is 29.7 Å². The van der Waals surface area contributed by atoms with Crippen molar-refractivity contribution in [3.63, 3.8) is 0 Å². The van der Waals surface area contributed by atoms with Gasteiger partial charge in [-0.15, -0.1) is 0 Å². The van der Waals surface area contributed by atoms with Crippen molar-refractivity contribution in [2.24, 2.45) is 0 Å². The van der Waals surface area contributed by atoms with Crippen molar-refractivity contribution in [1.82, 2.24) is 19.6 Å². The molecule has 0 atom stereocenters. The van der Waals surface area contributed by atoms with Crippen LogP contribution in [0.1, 0.15) is 11.3 Å². The molecule has 0 aromatic carbocycles. The predicted molar refractivity (Wildman–Crippen MR) is 53.7 cm³/mol. The summed E-state index contributed by atoms with van der Waals surface area (Å²) in [6.07, 6.45) is 3.79. The van der Waals surface area contributed by atoms with Gasteiger partial charge in [0.25, 0.3) is 0 Å². The van der Waals surface area contributed by atoms with Gasteiger partial charge in [0.2, 0.25) is 0 Å². The van der Waals surface area contributed by atoms with Crippen molar-refractivity contribution in [1.29, 1.82) is 0 Å². The van der Waals surface area contributed by atoms with Crippen LogP contribution in [0.5, 0.6) is 0 Å². The SMILES string of the molecule is Cc1cnn(Cn2nc(N)cc2C)c1. The number of aryl methyl sites for hydroxylation is 2. The zero-order chi connectivity index (χ0) is 10.1. The standard InChI is InChI=1S/C9H13N5/c1-7-4-11-13(5-7)6-14-8(2)3-9(10)12-14/h3-5H,6H2,1-2H3,(H2,10,12). The molecule has 0 bridgehead atoms. The number of nitrogens with two attached hydrogens (primary N) is 1. The first-order valence-electron chi connectivity index (χ1n) is 4.44. The van der Waals surface area contributed by atoms with Crippen molar-refractivity contribution in [3.8, 4) is 0 Å². The third kappa shape index (κ3) is 1.61. The fraction of sp³-hybridized carbons (Fsp3) is 0.333. The summed E-state index contributed by atoms with van der Waals surface area (Å²) in [6, 6.07) is 1.84. The quantitative estimate of drug-likeness (QED) is 0.763. The molecule has 14 heavy (non-hydrogen) atoms. The lowest BCUT2D eigenvalue weighted by Crippen LogP contribution is -2.11. The molecule has 0 aliphatic heterocycles. The number of hydrogen-bond donors (Lipinski definition) is 1. The first kappa shape index (κ1) is 8.80. The molecule has 2 rings (SSSR count). The molecule has 0 spiro atoms. The number of anilines is 1. The molecule has 0 amide bonds. The number of nitrogens with zero attached hydrogens (tertiary/aromatic N) is 4. The molecule has 2 N–H and O–H groups in total. The molecule has 5 heteroatoms. The Morgan fingerprint density at radius 1 is 1.43 bits per heavy atom. The fourth-order valence-corrected chi connectivity index (χ4v) is 1.36. The maximum absolute atomic E-state index is 5.58. The molecular formula is C9H13N5. The molecule has 74 valence electrons.